The van der Waals surface area contributed by atoms with Crippen molar-refractivity contribution in [2.75, 3.05) is 0 Å². The molecule has 5 atom stereocenters. The molecule has 1 aliphatic rings. The van der Waals surface area contributed by atoms with Crippen LogP contribution >= 0.6 is 0 Å². The lowest BCUT2D eigenvalue weighted by atomic mass is 9.72. The van der Waals surface area contributed by atoms with Crippen LogP contribution in [0.15, 0.2) is 0 Å². The van der Waals surface area contributed by atoms with E-state index >= 15 is 0 Å². The van der Waals surface area contributed by atoms with Gasteiger partial charge in [0.25, 0.3) is 0 Å². The molecule has 1 fully saturated rings. The van der Waals surface area contributed by atoms with Crippen molar-refractivity contribution in [3.8, 4) is 0 Å². The Labute approximate surface area is 192 Å². The largest absolute Gasteiger partial charge is 0.0628 e. The molecule has 1 rings (SSSR count). The molecule has 0 aliphatic heterocycles. The first kappa shape index (κ1) is 28.0. The maximum atomic E-state index is 2.58. The monoisotopic (exact) mass is 420 g/mol. The van der Waals surface area contributed by atoms with Gasteiger partial charge in [-0.2, -0.15) is 0 Å². The highest BCUT2D eigenvalue weighted by Gasteiger charge is 2.25. The summed E-state index contributed by atoms with van der Waals surface area (Å²) in [6.07, 6.45) is 23.6. The number of hydrogen-bond acceptors (Lipinski definition) is 0. The van der Waals surface area contributed by atoms with E-state index < -0.39 is 0 Å². The normalized spacial score (nSPS) is 23.1. The van der Waals surface area contributed by atoms with Crippen LogP contribution in [0.1, 0.15) is 151 Å². The molecule has 0 saturated heterocycles. The van der Waals surface area contributed by atoms with Crippen molar-refractivity contribution in [2.24, 2.45) is 41.4 Å². The Morgan fingerprint density at radius 3 is 1.60 bits per heavy atom. The van der Waals surface area contributed by atoms with E-state index in [1.165, 1.54) is 96.3 Å². The Morgan fingerprint density at radius 1 is 0.567 bits per heavy atom. The van der Waals surface area contributed by atoms with Crippen molar-refractivity contribution < 1.29 is 0 Å². The highest BCUT2D eigenvalue weighted by molar-refractivity contribution is 4.77. The van der Waals surface area contributed by atoms with Crippen LogP contribution in [0.2, 0.25) is 0 Å². The van der Waals surface area contributed by atoms with E-state index in [0.29, 0.717) is 0 Å². The molecule has 0 heteroatoms. The summed E-state index contributed by atoms with van der Waals surface area (Å²) in [6, 6.07) is 0. The van der Waals surface area contributed by atoms with E-state index in [1.807, 2.05) is 0 Å². The summed E-state index contributed by atoms with van der Waals surface area (Å²) in [5, 5.41) is 0. The van der Waals surface area contributed by atoms with Gasteiger partial charge in [-0.25, -0.2) is 0 Å². The molecule has 1 aliphatic carbocycles. The smallest absolute Gasteiger partial charge is 0.0386 e. The highest BCUT2D eigenvalue weighted by atomic mass is 14.3. The van der Waals surface area contributed by atoms with Gasteiger partial charge in [0, 0.05) is 0 Å². The molecule has 0 radical (unpaired) electrons. The summed E-state index contributed by atoms with van der Waals surface area (Å²) in [5.41, 5.74) is 0. The Hall–Kier alpha value is 0. The molecular weight excluding hydrogens is 360 g/mol. The standard InChI is InChI=1S/C30H60/c1-24(2)13-8-15-26(5)17-10-19-28(7)30-22-12-21-29(23-30)20-11-18-27(6)16-9-14-25(3)4/h24-30H,8-23H2,1-7H3. The zero-order valence-electron chi connectivity index (χ0n) is 22.4. The van der Waals surface area contributed by atoms with Crippen LogP contribution in [0.3, 0.4) is 0 Å². The second-order valence-corrected chi connectivity index (χ2v) is 12.5. The van der Waals surface area contributed by atoms with E-state index in [-0.39, 0.29) is 0 Å². The zero-order chi connectivity index (χ0) is 22.4. The van der Waals surface area contributed by atoms with Crippen LogP contribution in [0.25, 0.3) is 0 Å². The molecule has 0 N–H and O–H groups in total. The first-order valence-corrected chi connectivity index (χ1v) is 14.3. The molecule has 0 aromatic heterocycles. The fourth-order valence-electron chi connectivity index (χ4n) is 5.93. The van der Waals surface area contributed by atoms with Crippen LogP contribution in [0.5, 0.6) is 0 Å². The minimum Gasteiger partial charge on any atom is -0.0628 e. The fourth-order valence-corrected chi connectivity index (χ4v) is 5.93. The first-order valence-electron chi connectivity index (χ1n) is 14.3. The van der Waals surface area contributed by atoms with Gasteiger partial charge in [0.2, 0.25) is 0 Å². The van der Waals surface area contributed by atoms with E-state index in [9.17, 15) is 0 Å². The first-order chi connectivity index (χ1) is 14.3. The summed E-state index contributed by atoms with van der Waals surface area (Å²) in [6.45, 7) is 17.0. The van der Waals surface area contributed by atoms with Crippen LogP contribution in [0.4, 0.5) is 0 Å². The minimum atomic E-state index is 0.879. The van der Waals surface area contributed by atoms with Crippen molar-refractivity contribution in [1.29, 1.82) is 0 Å². The fraction of sp³-hybridized carbons (Fsp3) is 1.00. The third-order valence-corrected chi connectivity index (χ3v) is 8.25. The molecular formula is C30H60. The van der Waals surface area contributed by atoms with Crippen molar-refractivity contribution in [1.82, 2.24) is 0 Å². The highest BCUT2D eigenvalue weighted by Crippen LogP contribution is 2.38. The van der Waals surface area contributed by atoms with E-state index in [0.717, 1.165) is 41.4 Å². The summed E-state index contributed by atoms with van der Waals surface area (Å²) in [4.78, 5) is 0. The van der Waals surface area contributed by atoms with Gasteiger partial charge >= 0.3 is 0 Å². The summed E-state index contributed by atoms with van der Waals surface area (Å²) < 4.78 is 0. The molecule has 180 valence electrons. The van der Waals surface area contributed by atoms with E-state index in [2.05, 4.69) is 48.5 Å². The van der Waals surface area contributed by atoms with Gasteiger partial charge in [-0.1, -0.05) is 145 Å². The molecule has 30 heavy (non-hydrogen) atoms. The second kappa shape index (κ2) is 16.6. The lowest BCUT2D eigenvalue weighted by Gasteiger charge is -2.33. The third-order valence-electron chi connectivity index (χ3n) is 8.25. The number of hydrogen-bond donors (Lipinski definition) is 0. The molecule has 0 aromatic carbocycles. The van der Waals surface area contributed by atoms with Crippen LogP contribution < -0.4 is 0 Å². The van der Waals surface area contributed by atoms with E-state index in [4.69, 9.17) is 0 Å². The molecule has 0 bridgehead atoms. The molecule has 0 aromatic rings. The second-order valence-electron chi connectivity index (χ2n) is 12.5. The SMILES string of the molecule is CC(C)CCCC(C)CCCC1CCCC(C(C)CCCC(C)CCCC(C)C)C1. The van der Waals surface area contributed by atoms with E-state index in [1.54, 1.807) is 6.42 Å². The van der Waals surface area contributed by atoms with Crippen molar-refractivity contribution >= 4 is 0 Å². The zero-order valence-corrected chi connectivity index (χ0v) is 22.4. The van der Waals surface area contributed by atoms with Crippen molar-refractivity contribution in [3.63, 3.8) is 0 Å². The maximum absolute atomic E-state index is 2.58. The quantitative estimate of drug-likeness (QED) is 0.219. The van der Waals surface area contributed by atoms with Crippen LogP contribution in [0, 0.1) is 41.4 Å². The molecule has 0 spiro atoms. The maximum Gasteiger partial charge on any atom is -0.0386 e. The van der Waals surface area contributed by atoms with Gasteiger partial charge in [-0.05, 0) is 47.8 Å². The Morgan fingerprint density at radius 2 is 1.07 bits per heavy atom. The molecule has 5 unspecified atom stereocenters. The molecule has 0 amide bonds. The lowest BCUT2D eigenvalue weighted by Crippen LogP contribution is -2.21. The molecule has 1 saturated carbocycles. The number of rotatable bonds is 17. The predicted octanol–water partition coefficient (Wildman–Crippen LogP) is 10.7. The van der Waals surface area contributed by atoms with Gasteiger partial charge in [0.15, 0.2) is 0 Å². The van der Waals surface area contributed by atoms with Crippen LogP contribution in [-0.2, 0) is 0 Å². The van der Waals surface area contributed by atoms with Gasteiger partial charge in [0.1, 0.15) is 0 Å². The summed E-state index contributed by atoms with van der Waals surface area (Å²) >= 11 is 0. The molecule has 0 heterocycles. The van der Waals surface area contributed by atoms with Gasteiger partial charge in [-0.15, -0.1) is 0 Å². The lowest BCUT2D eigenvalue weighted by molar-refractivity contribution is 0.183. The molecule has 0 nitrogen and oxygen atoms in total. The van der Waals surface area contributed by atoms with Crippen molar-refractivity contribution in [3.05, 3.63) is 0 Å². The van der Waals surface area contributed by atoms with Gasteiger partial charge in [-0.3, -0.25) is 0 Å². The Kier molecular flexibility index (Phi) is 15.5. The van der Waals surface area contributed by atoms with Crippen LogP contribution in [-0.4, -0.2) is 0 Å². The summed E-state index contributed by atoms with van der Waals surface area (Å²) in [5.74, 6) is 6.69. The van der Waals surface area contributed by atoms with Crippen molar-refractivity contribution in [2.45, 2.75) is 151 Å². The minimum absolute atomic E-state index is 0.879. The summed E-state index contributed by atoms with van der Waals surface area (Å²) in [7, 11) is 0. The average molecular weight is 421 g/mol. The third kappa shape index (κ3) is 14.1. The topological polar surface area (TPSA) is 0 Å². The predicted molar refractivity (Wildman–Crippen MR) is 138 cm³/mol. The Balaban J connectivity index is 2.14. The average Bonchev–Trinajstić information content (AvgIpc) is 2.67. The van der Waals surface area contributed by atoms with Gasteiger partial charge in [0.05, 0.1) is 0 Å². The Bertz CT molecular complexity index is 357. The van der Waals surface area contributed by atoms with Gasteiger partial charge < -0.3 is 0 Å².